The van der Waals surface area contributed by atoms with E-state index in [-0.39, 0.29) is 18.5 Å². The predicted octanol–water partition coefficient (Wildman–Crippen LogP) is 23.9. The van der Waals surface area contributed by atoms with Crippen molar-refractivity contribution in [1.29, 1.82) is 0 Å². The van der Waals surface area contributed by atoms with Crippen molar-refractivity contribution < 1.29 is 24.5 Å². The van der Waals surface area contributed by atoms with Crippen molar-refractivity contribution in [3.05, 3.63) is 12.2 Å². The lowest BCUT2D eigenvalue weighted by Gasteiger charge is -2.20. The maximum Gasteiger partial charge on any atom is 0.305 e. The lowest BCUT2D eigenvalue weighted by molar-refractivity contribution is -0.143. The van der Waals surface area contributed by atoms with Crippen molar-refractivity contribution in [1.82, 2.24) is 5.32 Å². The number of aliphatic hydroxyl groups excluding tert-OH is 2. The lowest BCUT2D eigenvalue weighted by Crippen LogP contribution is -2.45. The number of hydrogen-bond donors (Lipinski definition) is 3. The first-order valence-electron chi connectivity index (χ1n) is 37.0. The summed E-state index contributed by atoms with van der Waals surface area (Å²) < 4.78 is 5.50. The third-order valence-electron chi connectivity index (χ3n) is 17.6. The minimum absolute atomic E-state index is 0.0218. The minimum Gasteiger partial charge on any atom is -0.466 e. The van der Waals surface area contributed by atoms with Crippen molar-refractivity contribution in [2.75, 3.05) is 13.2 Å². The molecule has 0 saturated carbocycles. The second-order valence-corrected chi connectivity index (χ2v) is 25.6. The molecular weight excluding hydrogens is 983 g/mol. The van der Waals surface area contributed by atoms with Crippen LogP contribution in [0.4, 0.5) is 0 Å². The average Bonchev–Trinajstić information content (AvgIpc) is 3.46. The van der Waals surface area contributed by atoms with Gasteiger partial charge in [-0.05, 0) is 32.1 Å². The number of rotatable bonds is 70. The van der Waals surface area contributed by atoms with Gasteiger partial charge in [-0.1, -0.05) is 392 Å². The topological polar surface area (TPSA) is 95.9 Å². The maximum absolute atomic E-state index is 12.5. The Hall–Kier alpha value is -1.40. The zero-order valence-electron chi connectivity index (χ0n) is 54.6. The summed E-state index contributed by atoms with van der Waals surface area (Å²) in [6.07, 6.45) is 87.3. The molecule has 1 amide bonds. The van der Waals surface area contributed by atoms with E-state index in [9.17, 15) is 19.8 Å². The first-order chi connectivity index (χ1) is 39.5. The van der Waals surface area contributed by atoms with Crippen molar-refractivity contribution in [2.24, 2.45) is 0 Å². The Kier molecular flexibility index (Phi) is 68.9. The molecule has 0 radical (unpaired) electrons. The molecule has 476 valence electrons. The highest BCUT2D eigenvalue weighted by molar-refractivity contribution is 5.76. The van der Waals surface area contributed by atoms with Gasteiger partial charge in [0.1, 0.15) is 0 Å². The predicted molar refractivity (Wildman–Crippen MR) is 352 cm³/mol. The average molecular weight is 1130 g/mol. The Balaban J connectivity index is 3.36. The number of carbonyl (C=O) groups is 2. The normalized spacial score (nSPS) is 12.5. The Morgan fingerprint density at radius 2 is 0.575 bits per heavy atom. The van der Waals surface area contributed by atoms with E-state index >= 15 is 0 Å². The molecule has 0 saturated heterocycles. The van der Waals surface area contributed by atoms with Crippen LogP contribution in [0.1, 0.15) is 425 Å². The summed E-state index contributed by atoms with van der Waals surface area (Å²) in [6, 6.07) is -0.626. The molecule has 0 heterocycles. The quantitative estimate of drug-likeness (QED) is 0.0320. The number of hydrogen-bond acceptors (Lipinski definition) is 5. The van der Waals surface area contributed by atoms with E-state index in [4.69, 9.17) is 4.74 Å². The maximum atomic E-state index is 12.5. The third-order valence-corrected chi connectivity index (χ3v) is 17.6. The van der Waals surface area contributed by atoms with Crippen LogP contribution in [0.5, 0.6) is 0 Å². The monoisotopic (exact) mass is 1130 g/mol. The van der Waals surface area contributed by atoms with Crippen LogP contribution < -0.4 is 5.32 Å². The summed E-state index contributed by atoms with van der Waals surface area (Å²) in [5.74, 6) is -0.0381. The van der Waals surface area contributed by atoms with E-state index in [0.29, 0.717) is 19.4 Å². The fourth-order valence-corrected chi connectivity index (χ4v) is 11.9. The highest BCUT2D eigenvalue weighted by atomic mass is 16.5. The molecular formula is C74H145NO5. The highest BCUT2D eigenvalue weighted by Crippen LogP contribution is 2.20. The van der Waals surface area contributed by atoms with Gasteiger partial charge in [0.05, 0.1) is 25.4 Å². The van der Waals surface area contributed by atoms with Crippen LogP contribution in [0.2, 0.25) is 0 Å². The molecule has 80 heavy (non-hydrogen) atoms. The minimum atomic E-state index is -0.843. The lowest BCUT2D eigenvalue weighted by atomic mass is 10.0. The molecule has 0 aliphatic rings. The Morgan fingerprint density at radius 1 is 0.338 bits per heavy atom. The fraction of sp³-hybridized carbons (Fsp3) is 0.946. The SMILES string of the molecule is CCCCCCCCCCCCCCCCCCCCC/C=C/C(O)C(CO)NC(=O)CCCCCCCCCCCCCCCCCCCCCCCCCCCCCCOC(=O)CCCCCCCCCCCCCCCC. The van der Waals surface area contributed by atoms with Crippen molar-refractivity contribution >= 4 is 11.9 Å². The first kappa shape index (κ1) is 78.6. The summed E-state index contributed by atoms with van der Waals surface area (Å²) >= 11 is 0. The van der Waals surface area contributed by atoms with Gasteiger partial charge in [0.25, 0.3) is 0 Å². The summed E-state index contributed by atoms with van der Waals surface area (Å²) in [7, 11) is 0. The van der Waals surface area contributed by atoms with Gasteiger partial charge in [-0.25, -0.2) is 0 Å². The van der Waals surface area contributed by atoms with Crippen LogP contribution in [-0.4, -0.2) is 47.4 Å². The van der Waals surface area contributed by atoms with Gasteiger partial charge in [0.15, 0.2) is 0 Å². The standard InChI is InChI=1S/C74H145NO5/c1-3-5-7-9-11-13-15-17-19-20-21-30-33-36-39-42-46-50-54-58-62-66-72(77)71(70-76)75-73(78)67-63-59-55-51-47-43-40-37-34-31-28-26-24-22-23-25-27-29-32-35-38-41-45-49-53-57-61-65-69-80-74(79)68-64-60-56-52-48-44-18-16-14-12-10-8-6-4-2/h62,66,71-72,76-77H,3-61,63-65,67-70H2,1-2H3,(H,75,78)/b66-62+. The van der Waals surface area contributed by atoms with Crippen LogP contribution in [0.15, 0.2) is 12.2 Å². The van der Waals surface area contributed by atoms with E-state index < -0.39 is 12.1 Å². The van der Waals surface area contributed by atoms with E-state index in [2.05, 4.69) is 19.2 Å². The van der Waals surface area contributed by atoms with Gasteiger partial charge >= 0.3 is 5.97 Å². The molecule has 3 N–H and O–H groups in total. The number of carbonyl (C=O) groups excluding carboxylic acids is 2. The number of nitrogens with one attached hydrogen (secondary N) is 1. The molecule has 6 heteroatoms. The first-order valence-corrected chi connectivity index (χ1v) is 37.0. The van der Waals surface area contributed by atoms with Gasteiger partial charge in [0, 0.05) is 12.8 Å². The van der Waals surface area contributed by atoms with Crippen LogP contribution in [-0.2, 0) is 14.3 Å². The van der Waals surface area contributed by atoms with Crippen LogP contribution in [0.25, 0.3) is 0 Å². The van der Waals surface area contributed by atoms with Crippen molar-refractivity contribution in [2.45, 2.75) is 437 Å². The number of unbranched alkanes of at least 4 members (excludes halogenated alkanes) is 59. The Labute approximate surface area is 501 Å². The van der Waals surface area contributed by atoms with E-state index in [1.165, 1.54) is 360 Å². The van der Waals surface area contributed by atoms with Gasteiger partial charge in [-0.3, -0.25) is 9.59 Å². The zero-order valence-corrected chi connectivity index (χ0v) is 54.6. The zero-order chi connectivity index (χ0) is 57.8. The molecule has 6 nitrogen and oxygen atoms in total. The summed E-state index contributed by atoms with van der Waals surface area (Å²) in [6.45, 7) is 4.96. The summed E-state index contributed by atoms with van der Waals surface area (Å²) in [4.78, 5) is 24.6. The van der Waals surface area contributed by atoms with Gasteiger partial charge in [-0.2, -0.15) is 0 Å². The van der Waals surface area contributed by atoms with Crippen LogP contribution in [0, 0.1) is 0 Å². The largest absolute Gasteiger partial charge is 0.466 e. The van der Waals surface area contributed by atoms with Gasteiger partial charge in [0.2, 0.25) is 5.91 Å². The molecule has 0 bridgehead atoms. The molecule has 0 spiro atoms. The van der Waals surface area contributed by atoms with E-state index in [1.807, 2.05) is 6.08 Å². The molecule has 0 aromatic carbocycles. The third kappa shape index (κ3) is 65.7. The second kappa shape index (κ2) is 70.1. The number of ether oxygens (including phenoxy) is 1. The summed E-state index contributed by atoms with van der Waals surface area (Å²) in [5, 5.41) is 23.3. The molecule has 0 aliphatic heterocycles. The number of aliphatic hydroxyl groups is 2. The summed E-state index contributed by atoms with van der Waals surface area (Å²) in [5.41, 5.74) is 0. The molecule has 2 unspecified atom stereocenters. The van der Waals surface area contributed by atoms with Crippen LogP contribution in [0.3, 0.4) is 0 Å². The van der Waals surface area contributed by atoms with E-state index in [1.54, 1.807) is 6.08 Å². The van der Waals surface area contributed by atoms with E-state index in [0.717, 1.165) is 38.5 Å². The number of amides is 1. The van der Waals surface area contributed by atoms with Gasteiger partial charge in [-0.15, -0.1) is 0 Å². The Bertz CT molecular complexity index is 1210. The molecule has 0 aromatic rings. The molecule has 0 aromatic heterocycles. The van der Waals surface area contributed by atoms with Crippen molar-refractivity contribution in [3.63, 3.8) is 0 Å². The highest BCUT2D eigenvalue weighted by Gasteiger charge is 2.18. The smallest absolute Gasteiger partial charge is 0.305 e. The number of esters is 1. The Morgan fingerprint density at radius 3 is 0.850 bits per heavy atom. The fourth-order valence-electron chi connectivity index (χ4n) is 11.9. The molecule has 2 atom stereocenters. The molecule has 0 fully saturated rings. The molecule has 0 rings (SSSR count). The van der Waals surface area contributed by atoms with Crippen LogP contribution >= 0.6 is 0 Å². The van der Waals surface area contributed by atoms with Crippen molar-refractivity contribution in [3.8, 4) is 0 Å². The van der Waals surface area contributed by atoms with Gasteiger partial charge < -0.3 is 20.3 Å². The molecule has 0 aliphatic carbocycles. The second-order valence-electron chi connectivity index (χ2n) is 25.6. The number of allylic oxidation sites excluding steroid dienone is 1.